The lowest BCUT2D eigenvalue weighted by Crippen LogP contribution is -2.49. The van der Waals surface area contributed by atoms with Crippen LogP contribution in [0.1, 0.15) is 52.5 Å². The van der Waals surface area contributed by atoms with E-state index in [1.54, 1.807) is 0 Å². The molecular weight excluding hydrogens is 358 g/mol. The van der Waals surface area contributed by atoms with Gasteiger partial charge in [0.05, 0.1) is 0 Å². The van der Waals surface area contributed by atoms with Crippen LogP contribution in [0.25, 0.3) is 0 Å². The van der Waals surface area contributed by atoms with Crippen LogP contribution >= 0.6 is 0 Å². The van der Waals surface area contributed by atoms with Gasteiger partial charge in [-0.2, -0.15) is 0 Å². The molecule has 2 aliphatic heterocycles. The number of anilines is 1. The third-order valence-electron chi connectivity index (χ3n) is 5.22. The minimum Gasteiger partial charge on any atom is -0.444 e. The number of carbonyl (C=O) groups excluding carboxylic acids is 2. The van der Waals surface area contributed by atoms with Crippen LogP contribution in [-0.2, 0) is 16.0 Å². The Morgan fingerprint density at radius 2 is 1.82 bits per heavy atom. The van der Waals surface area contributed by atoms with Crippen molar-refractivity contribution in [1.82, 2.24) is 20.2 Å². The number of carbonyl (C=O) groups is 2. The third kappa shape index (κ3) is 4.91. The first-order valence-electron chi connectivity index (χ1n) is 10.1. The van der Waals surface area contributed by atoms with E-state index < -0.39 is 17.7 Å². The molecule has 0 unspecified atom stereocenters. The summed E-state index contributed by atoms with van der Waals surface area (Å²) in [6.45, 7) is 9.83. The summed E-state index contributed by atoms with van der Waals surface area (Å²) in [5.74, 6) is 0.751. The van der Waals surface area contributed by atoms with Crippen LogP contribution in [0.5, 0.6) is 0 Å². The summed E-state index contributed by atoms with van der Waals surface area (Å²) in [6, 6.07) is -0.290. The zero-order valence-corrected chi connectivity index (χ0v) is 17.3. The minimum absolute atomic E-state index is 0.00661. The molecule has 8 nitrogen and oxygen atoms in total. The molecule has 2 fully saturated rings. The Morgan fingerprint density at radius 1 is 1.18 bits per heavy atom. The molecule has 2 saturated heterocycles. The van der Waals surface area contributed by atoms with Crippen molar-refractivity contribution in [1.29, 1.82) is 0 Å². The van der Waals surface area contributed by atoms with Gasteiger partial charge in [0.1, 0.15) is 11.6 Å². The summed E-state index contributed by atoms with van der Waals surface area (Å²) < 4.78 is 5.27. The maximum atomic E-state index is 12.7. The van der Waals surface area contributed by atoms with E-state index in [0.717, 1.165) is 43.9 Å². The highest BCUT2D eigenvalue weighted by Gasteiger charge is 2.38. The Kier molecular flexibility index (Phi) is 6.05. The van der Waals surface area contributed by atoms with Crippen molar-refractivity contribution in [2.45, 2.75) is 71.1 Å². The largest absolute Gasteiger partial charge is 0.444 e. The van der Waals surface area contributed by atoms with Crippen molar-refractivity contribution in [3.8, 4) is 0 Å². The fraction of sp³-hybridized carbons (Fsp3) is 0.700. The highest BCUT2D eigenvalue weighted by molar-refractivity contribution is 5.87. The number of piperidine rings is 1. The van der Waals surface area contributed by atoms with Crippen molar-refractivity contribution in [2.24, 2.45) is 0 Å². The number of alkyl carbamates (subject to hydrolysis) is 1. The van der Waals surface area contributed by atoms with Gasteiger partial charge in [-0.15, -0.1) is 0 Å². The molecule has 1 aromatic rings. The number of ether oxygens (including phenoxy) is 1. The van der Waals surface area contributed by atoms with E-state index in [0.29, 0.717) is 13.0 Å². The topological polar surface area (TPSA) is 87.7 Å². The van der Waals surface area contributed by atoms with Gasteiger partial charge in [0, 0.05) is 38.1 Å². The fourth-order valence-corrected chi connectivity index (χ4v) is 3.72. The second-order valence-electron chi connectivity index (χ2n) is 8.48. The lowest BCUT2D eigenvalue weighted by molar-refractivity contribution is -0.131. The standard InChI is InChI=1S/C20H31N5O3/c1-5-14-12-21-18(22-13-14)24-9-6-15(7-10-24)25-11-8-16(17(25)26)23-19(27)28-20(2,3)4/h12-13,15-16H,5-11H2,1-4H3,(H,23,27)/t16-/m0/s1. The van der Waals surface area contributed by atoms with Gasteiger partial charge < -0.3 is 19.9 Å². The van der Waals surface area contributed by atoms with Gasteiger partial charge in [-0.1, -0.05) is 6.92 Å². The number of likely N-dealkylation sites (tertiary alicyclic amines) is 1. The molecule has 0 radical (unpaired) electrons. The molecule has 8 heteroatoms. The number of nitrogens with one attached hydrogen (secondary N) is 1. The zero-order valence-electron chi connectivity index (χ0n) is 17.3. The number of hydrogen-bond donors (Lipinski definition) is 1. The minimum atomic E-state index is -0.574. The van der Waals surface area contributed by atoms with Crippen LogP contribution in [0.3, 0.4) is 0 Å². The van der Waals surface area contributed by atoms with Crippen LogP contribution in [0, 0.1) is 0 Å². The summed E-state index contributed by atoms with van der Waals surface area (Å²) >= 11 is 0. The number of aromatic nitrogens is 2. The molecule has 3 heterocycles. The number of nitrogens with zero attached hydrogens (tertiary/aromatic N) is 4. The summed E-state index contributed by atoms with van der Waals surface area (Å²) in [5, 5.41) is 2.72. The molecule has 3 rings (SSSR count). The lowest BCUT2D eigenvalue weighted by Gasteiger charge is -2.36. The van der Waals surface area contributed by atoms with Crippen molar-refractivity contribution in [2.75, 3.05) is 24.5 Å². The lowest BCUT2D eigenvalue weighted by atomic mass is 10.0. The summed E-state index contributed by atoms with van der Waals surface area (Å²) in [7, 11) is 0. The SMILES string of the molecule is CCc1cnc(N2CCC(N3CC[C@H](NC(=O)OC(C)(C)C)C3=O)CC2)nc1. The van der Waals surface area contributed by atoms with Crippen LogP contribution in [0.2, 0.25) is 0 Å². The van der Waals surface area contributed by atoms with Crippen LogP contribution in [0.15, 0.2) is 12.4 Å². The Labute approximate surface area is 166 Å². The molecule has 1 N–H and O–H groups in total. The summed E-state index contributed by atoms with van der Waals surface area (Å²) in [4.78, 5) is 37.7. The zero-order chi connectivity index (χ0) is 20.3. The molecule has 2 amide bonds. The number of aryl methyl sites for hydroxylation is 1. The van der Waals surface area contributed by atoms with E-state index in [-0.39, 0.29) is 11.9 Å². The Hall–Kier alpha value is -2.38. The van der Waals surface area contributed by atoms with Gasteiger partial charge in [0.25, 0.3) is 0 Å². The van der Waals surface area contributed by atoms with Gasteiger partial charge in [-0.05, 0) is 52.0 Å². The monoisotopic (exact) mass is 389 g/mol. The van der Waals surface area contributed by atoms with Crippen molar-refractivity contribution >= 4 is 17.9 Å². The van der Waals surface area contributed by atoms with Crippen LogP contribution < -0.4 is 10.2 Å². The molecule has 1 aromatic heterocycles. The van der Waals surface area contributed by atoms with E-state index >= 15 is 0 Å². The molecule has 28 heavy (non-hydrogen) atoms. The second kappa shape index (κ2) is 8.32. The van der Waals surface area contributed by atoms with Gasteiger partial charge in [-0.25, -0.2) is 14.8 Å². The Morgan fingerprint density at radius 3 is 2.39 bits per heavy atom. The average molecular weight is 390 g/mol. The maximum Gasteiger partial charge on any atom is 0.408 e. The van der Waals surface area contributed by atoms with Crippen molar-refractivity contribution in [3.05, 3.63) is 18.0 Å². The molecule has 0 saturated carbocycles. The maximum absolute atomic E-state index is 12.7. The molecule has 0 aliphatic carbocycles. The predicted molar refractivity (Wildman–Crippen MR) is 106 cm³/mol. The average Bonchev–Trinajstić information content (AvgIpc) is 3.01. The number of amides is 2. The first-order valence-corrected chi connectivity index (χ1v) is 10.1. The molecule has 154 valence electrons. The molecule has 0 spiro atoms. The molecule has 0 aromatic carbocycles. The number of hydrogen-bond acceptors (Lipinski definition) is 6. The first-order chi connectivity index (χ1) is 13.3. The summed E-state index contributed by atoms with van der Waals surface area (Å²) in [5.41, 5.74) is 0.556. The van der Waals surface area contributed by atoms with Gasteiger partial charge in [0.15, 0.2) is 0 Å². The molecule has 0 bridgehead atoms. The smallest absolute Gasteiger partial charge is 0.408 e. The predicted octanol–water partition coefficient (Wildman–Crippen LogP) is 2.13. The Balaban J connectivity index is 1.50. The summed E-state index contributed by atoms with van der Waals surface area (Å²) in [6.07, 6.45) is 6.54. The third-order valence-corrected chi connectivity index (χ3v) is 5.22. The Bertz CT molecular complexity index is 693. The molecule has 1 atom stereocenters. The van der Waals surface area contributed by atoms with Crippen LogP contribution in [-0.4, -0.2) is 64.2 Å². The van der Waals surface area contributed by atoms with Crippen molar-refractivity contribution < 1.29 is 14.3 Å². The van der Waals surface area contributed by atoms with E-state index in [2.05, 4.69) is 27.1 Å². The van der Waals surface area contributed by atoms with Gasteiger partial charge in [-0.3, -0.25) is 4.79 Å². The van der Waals surface area contributed by atoms with Gasteiger partial charge in [0.2, 0.25) is 11.9 Å². The normalized spacial score (nSPS) is 21.1. The second-order valence-corrected chi connectivity index (χ2v) is 8.48. The van der Waals surface area contributed by atoms with E-state index in [4.69, 9.17) is 4.74 Å². The fourth-order valence-electron chi connectivity index (χ4n) is 3.72. The van der Waals surface area contributed by atoms with Gasteiger partial charge >= 0.3 is 6.09 Å². The quantitative estimate of drug-likeness (QED) is 0.849. The highest BCUT2D eigenvalue weighted by atomic mass is 16.6. The van der Waals surface area contributed by atoms with Crippen molar-refractivity contribution in [3.63, 3.8) is 0 Å². The first kappa shape index (κ1) is 20.4. The van der Waals surface area contributed by atoms with E-state index in [9.17, 15) is 9.59 Å². The highest BCUT2D eigenvalue weighted by Crippen LogP contribution is 2.24. The van der Waals surface area contributed by atoms with Crippen LogP contribution in [0.4, 0.5) is 10.7 Å². The number of rotatable bonds is 4. The van der Waals surface area contributed by atoms with E-state index in [1.165, 1.54) is 0 Å². The van der Waals surface area contributed by atoms with E-state index in [1.807, 2.05) is 38.1 Å². The molecule has 2 aliphatic rings. The molecular formula is C20H31N5O3.